The number of halogens is 1. The molecule has 0 fully saturated rings. The van der Waals surface area contributed by atoms with Crippen LogP contribution in [0.5, 0.6) is 0 Å². The number of aromatic nitrogens is 2. The topological polar surface area (TPSA) is 58.5 Å². The number of hydrogen-bond acceptors (Lipinski definition) is 4. The van der Waals surface area contributed by atoms with Gasteiger partial charge in [-0.15, -0.1) is 0 Å². The van der Waals surface area contributed by atoms with Crippen LogP contribution in [0.25, 0.3) is 0 Å². The first-order valence-corrected chi connectivity index (χ1v) is 8.67. The summed E-state index contributed by atoms with van der Waals surface area (Å²) in [5.41, 5.74) is 4.14. The first kappa shape index (κ1) is 21.4. The highest BCUT2D eigenvalue weighted by atomic mass is 19.1. The maximum Gasteiger partial charge on any atom is 0.255 e. The Hall–Kier alpha value is -2.63. The number of nitrogens with zero attached hydrogens (tertiary/aromatic N) is 4. The fourth-order valence-corrected chi connectivity index (χ4v) is 2.28. The predicted octanol–water partition coefficient (Wildman–Crippen LogP) is 4.17. The Bertz CT molecular complexity index is 772. The van der Waals surface area contributed by atoms with Crippen molar-refractivity contribution < 1.29 is 9.18 Å². The van der Waals surface area contributed by atoms with Gasteiger partial charge in [0.2, 0.25) is 0 Å². The largest absolute Gasteiger partial charge is 0.345 e. The van der Waals surface area contributed by atoms with E-state index >= 15 is 0 Å². The van der Waals surface area contributed by atoms with Gasteiger partial charge in [0.15, 0.2) is 0 Å². The molecule has 2 aromatic heterocycles. The van der Waals surface area contributed by atoms with Crippen LogP contribution < -0.4 is 0 Å². The van der Waals surface area contributed by atoms with Gasteiger partial charge in [0.05, 0.1) is 23.6 Å². The van der Waals surface area contributed by atoms with Crippen LogP contribution in [0.15, 0.2) is 35.7 Å². The summed E-state index contributed by atoms with van der Waals surface area (Å²) < 4.78 is 12.5. The molecule has 1 amide bonds. The van der Waals surface area contributed by atoms with E-state index in [4.69, 9.17) is 0 Å². The lowest BCUT2D eigenvalue weighted by atomic mass is 10.1. The highest BCUT2D eigenvalue weighted by Gasteiger charge is 2.15. The average molecular weight is 358 g/mol. The van der Waals surface area contributed by atoms with Crippen LogP contribution in [0.4, 0.5) is 10.1 Å². The molecule has 0 saturated heterocycles. The van der Waals surface area contributed by atoms with Crippen molar-refractivity contribution in [3.05, 3.63) is 53.1 Å². The summed E-state index contributed by atoms with van der Waals surface area (Å²) in [4.78, 5) is 26.7. The van der Waals surface area contributed by atoms with Crippen LogP contribution in [0.2, 0.25) is 0 Å². The standard InChI is InChI=1S/C18H21FN4O.C2H6/c1-12(15-6-8-20-11-16(15)18(24)23(3)4)22-17-9-14(5-7-19)10-21-13(17)2;1-2/h6,8-11H,5,7H2,1-4H3;1-2H3. The zero-order valence-electron chi connectivity index (χ0n) is 16.4. The van der Waals surface area contributed by atoms with Crippen LogP contribution in [-0.2, 0) is 6.42 Å². The normalized spacial score (nSPS) is 10.8. The number of carbonyl (C=O) groups excluding carboxylic acids is 1. The molecule has 0 saturated carbocycles. The highest BCUT2D eigenvalue weighted by Crippen LogP contribution is 2.21. The second-order valence-corrected chi connectivity index (χ2v) is 5.71. The van der Waals surface area contributed by atoms with Crippen molar-refractivity contribution in [2.24, 2.45) is 4.99 Å². The number of pyridine rings is 2. The first-order valence-electron chi connectivity index (χ1n) is 8.67. The summed E-state index contributed by atoms with van der Waals surface area (Å²) in [7, 11) is 3.39. The number of aryl methyl sites for hydroxylation is 2. The minimum Gasteiger partial charge on any atom is -0.345 e. The van der Waals surface area contributed by atoms with Crippen LogP contribution in [0.1, 0.15) is 48.0 Å². The molecule has 2 aromatic rings. The predicted molar refractivity (Wildman–Crippen MR) is 104 cm³/mol. The Labute approximate surface area is 155 Å². The van der Waals surface area contributed by atoms with Gasteiger partial charge in [-0.05, 0) is 31.5 Å². The molecule has 0 bridgehead atoms. The first-order chi connectivity index (χ1) is 12.4. The Balaban J connectivity index is 0.00000163. The molecule has 5 nitrogen and oxygen atoms in total. The van der Waals surface area contributed by atoms with Crippen molar-refractivity contribution in [1.82, 2.24) is 14.9 Å². The smallest absolute Gasteiger partial charge is 0.255 e. The third kappa shape index (κ3) is 5.44. The lowest BCUT2D eigenvalue weighted by Gasteiger charge is -2.13. The number of carbonyl (C=O) groups is 1. The SMILES string of the molecule is CC.CC(=Nc1cc(CCF)cnc1C)c1ccncc1C(=O)N(C)C. The van der Waals surface area contributed by atoms with Crippen molar-refractivity contribution in [3.8, 4) is 0 Å². The molecule has 0 spiro atoms. The van der Waals surface area contributed by atoms with E-state index < -0.39 is 6.67 Å². The third-order valence-electron chi connectivity index (χ3n) is 3.64. The molecule has 2 heterocycles. The Morgan fingerprint density at radius 1 is 1.23 bits per heavy atom. The summed E-state index contributed by atoms with van der Waals surface area (Å²) in [6.07, 6.45) is 5.15. The van der Waals surface area contributed by atoms with Gasteiger partial charge in [-0.3, -0.25) is 24.1 Å². The molecule has 0 aliphatic heterocycles. The van der Waals surface area contributed by atoms with Crippen LogP contribution in [-0.4, -0.2) is 47.3 Å². The quantitative estimate of drug-likeness (QED) is 0.754. The van der Waals surface area contributed by atoms with Crippen molar-refractivity contribution in [3.63, 3.8) is 0 Å². The average Bonchev–Trinajstić information content (AvgIpc) is 2.65. The molecule has 26 heavy (non-hydrogen) atoms. The van der Waals surface area contributed by atoms with Crippen molar-refractivity contribution in [1.29, 1.82) is 0 Å². The van der Waals surface area contributed by atoms with E-state index in [0.717, 1.165) is 16.8 Å². The van der Waals surface area contributed by atoms with Crippen LogP contribution in [0.3, 0.4) is 0 Å². The minimum atomic E-state index is -0.432. The van der Waals surface area contributed by atoms with Crippen molar-refractivity contribution >= 4 is 17.3 Å². The van der Waals surface area contributed by atoms with E-state index in [2.05, 4.69) is 15.0 Å². The second kappa shape index (κ2) is 10.4. The van der Waals surface area contributed by atoms with Crippen LogP contribution in [0, 0.1) is 6.92 Å². The fraction of sp³-hybridized carbons (Fsp3) is 0.400. The van der Waals surface area contributed by atoms with E-state index in [9.17, 15) is 9.18 Å². The maximum atomic E-state index is 12.5. The number of rotatable bonds is 5. The van der Waals surface area contributed by atoms with Crippen molar-refractivity contribution in [2.75, 3.05) is 20.8 Å². The Morgan fingerprint density at radius 2 is 1.92 bits per heavy atom. The van der Waals surface area contributed by atoms with Crippen LogP contribution >= 0.6 is 0 Å². The lowest BCUT2D eigenvalue weighted by molar-refractivity contribution is 0.0827. The van der Waals surface area contributed by atoms with Gasteiger partial charge in [0.25, 0.3) is 5.91 Å². The number of amides is 1. The maximum absolute atomic E-state index is 12.5. The Kier molecular flexibility index (Phi) is 8.55. The van der Waals surface area contributed by atoms with Gasteiger partial charge in [-0.2, -0.15) is 0 Å². The molecule has 0 radical (unpaired) electrons. The van der Waals surface area contributed by atoms with Gasteiger partial charge < -0.3 is 4.90 Å². The molecule has 6 heteroatoms. The van der Waals surface area contributed by atoms with E-state index in [1.807, 2.05) is 33.8 Å². The van der Waals surface area contributed by atoms with E-state index in [1.165, 1.54) is 4.90 Å². The third-order valence-corrected chi connectivity index (χ3v) is 3.64. The number of alkyl halides is 1. The fourth-order valence-electron chi connectivity index (χ4n) is 2.28. The summed E-state index contributed by atoms with van der Waals surface area (Å²) in [5.74, 6) is -0.131. The number of hydrogen-bond donors (Lipinski definition) is 0. The Morgan fingerprint density at radius 3 is 2.54 bits per heavy atom. The molecular formula is C20H27FN4O. The molecular weight excluding hydrogens is 331 g/mol. The summed E-state index contributed by atoms with van der Waals surface area (Å²) >= 11 is 0. The van der Waals surface area contributed by atoms with Gasteiger partial charge in [-0.25, -0.2) is 0 Å². The summed E-state index contributed by atoms with van der Waals surface area (Å²) in [6.45, 7) is 7.26. The highest BCUT2D eigenvalue weighted by molar-refractivity contribution is 6.09. The van der Waals surface area contributed by atoms with Gasteiger partial charge in [0, 0.05) is 50.4 Å². The zero-order valence-corrected chi connectivity index (χ0v) is 16.4. The summed E-state index contributed by atoms with van der Waals surface area (Å²) in [6, 6.07) is 3.60. The van der Waals surface area contributed by atoms with Gasteiger partial charge >= 0.3 is 0 Å². The second-order valence-electron chi connectivity index (χ2n) is 5.71. The van der Waals surface area contributed by atoms with Crippen molar-refractivity contribution in [2.45, 2.75) is 34.1 Å². The van der Waals surface area contributed by atoms with Gasteiger partial charge in [-0.1, -0.05) is 13.8 Å². The van der Waals surface area contributed by atoms with E-state index in [0.29, 0.717) is 23.4 Å². The monoisotopic (exact) mass is 358 g/mol. The van der Waals surface area contributed by atoms with E-state index in [1.54, 1.807) is 38.8 Å². The summed E-state index contributed by atoms with van der Waals surface area (Å²) in [5, 5.41) is 0. The molecule has 0 unspecified atom stereocenters. The molecule has 2 rings (SSSR count). The molecule has 0 aliphatic carbocycles. The lowest BCUT2D eigenvalue weighted by Crippen LogP contribution is -2.24. The molecule has 0 aromatic carbocycles. The molecule has 0 N–H and O–H groups in total. The molecule has 140 valence electrons. The minimum absolute atomic E-state index is 0.131. The van der Waals surface area contributed by atoms with E-state index in [-0.39, 0.29) is 5.91 Å². The zero-order chi connectivity index (χ0) is 19.7. The number of aliphatic imine (C=N–C) groups is 1. The molecule has 0 aliphatic rings. The van der Waals surface area contributed by atoms with Gasteiger partial charge in [0.1, 0.15) is 0 Å². The molecule has 0 atom stereocenters.